The van der Waals surface area contributed by atoms with Crippen LogP contribution >= 0.6 is 0 Å². The number of carbonyl (C=O) groups is 1. The highest BCUT2D eigenvalue weighted by Crippen LogP contribution is 2.49. The summed E-state index contributed by atoms with van der Waals surface area (Å²) in [6.45, 7) is 1.87. The van der Waals surface area contributed by atoms with E-state index in [1.807, 2.05) is 13.0 Å². The second kappa shape index (κ2) is 3.76. The summed E-state index contributed by atoms with van der Waals surface area (Å²) in [5, 5.41) is 0. The fourth-order valence-corrected chi connectivity index (χ4v) is 3.65. The maximum Gasteiger partial charge on any atom is 0.166 e. The fourth-order valence-electron chi connectivity index (χ4n) is 3.65. The lowest BCUT2D eigenvalue weighted by Crippen LogP contribution is -2.15. The molecule has 2 bridgehead atoms. The summed E-state index contributed by atoms with van der Waals surface area (Å²) in [4.78, 5) is 12.1. The average Bonchev–Trinajstić information content (AvgIpc) is 2.92. The zero-order valence-electron chi connectivity index (χ0n) is 9.74. The molecule has 2 aliphatic carbocycles. The number of Topliss-reactive ketones (excluding diaryl/α,β-unsaturated/α-hetero) is 1. The van der Waals surface area contributed by atoms with Crippen LogP contribution in [0.4, 0.5) is 0 Å². The van der Waals surface area contributed by atoms with Crippen molar-refractivity contribution in [3.05, 3.63) is 23.7 Å². The third-order valence-electron chi connectivity index (χ3n) is 4.49. The number of fused-ring (bicyclic) bond motifs is 2. The van der Waals surface area contributed by atoms with Gasteiger partial charge in [0.1, 0.15) is 5.76 Å². The predicted molar refractivity (Wildman–Crippen MR) is 61.3 cm³/mol. The van der Waals surface area contributed by atoms with Crippen LogP contribution in [0.25, 0.3) is 0 Å². The summed E-state index contributed by atoms with van der Waals surface area (Å²) in [5.74, 6) is 3.46. The summed E-state index contributed by atoms with van der Waals surface area (Å²) in [6, 6.07) is 1.81. The molecule has 3 unspecified atom stereocenters. The number of furan rings is 1. The van der Waals surface area contributed by atoms with Crippen molar-refractivity contribution in [3.8, 4) is 0 Å². The monoisotopic (exact) mass is 218 g/mol. The minimum absolute atomic E-state index is 0.281. The number of carbonyl (C=O) groups excluding carboxylic acids is 1. The molecular weight excluding hydrogens is 200 g/mol. The van der Waals surface area contributed by atoms with Gasteiger partial charge in [-0.15, -0.1) is 0 Å². The van der Waals surface area contributed by atoms with Crippen molar-refractivity contribution in [2.45, 2.75) is 39.0 Å². The van der Waals surface area contributed by atoms with Crippen molar-refractivity contribution in [2.24, 2.45) is 17.8 Å². The molecule has 0 aliphatic heterocycles. The smallest absolute Gasteiger partial charge is 0.166 e. The maximum atomic E-state index is 12.1. The van der Waals surface area contributed by atoms with Gasteiger partial charge >= 0.3 is 0 Å². The Morgan fingerprint density at radius 3 is 2.88 bits per heavy atom. The molecule has 2 aliphatic rings. The Bertz CT molecular complexity index is 405. The number of rotatable bonds is 3. The highest BCUT2D eigenvalue weighted by molar-refractivity contribution is 5.97. The molecule has 0 amide bonds. The second-order valence-electron chi connectivity index (χ2n) is 5.45. The van der Waals surface area contributed by atoms with Crippen LogP contribution in [0, 0.1) is 24.7 Å². The minimum Gasteiger partial charge on any atom is -0.469 e. The van der Waals surface area contributed by atoms with E-state index in [9.17, 15) is 4.79 Å². The molecule has 0 spiro atoms. The number of aryl methyl sites for hydroxylation is 1. The zero-order chi connectivity index (χ0) is 11.1. The van der Waals surface area contributed by atoms with E-state index in [-0.39, 0.29) is 5.78 Å². The highest BCUT2D eigenvalue weighted by Gasteiger charge is 2.40. The molecule has 16 heavy (non-hydrogen) atoms. The first-order valence-electron chi connectivity index (χ1n) is 6.31. The van der Waals surface area contributed by atoms with Gasteiger partial charge in [0.2, 0.25) is 0 Å². The van der Waals surface area contributed by atoms with Crippen molar-refractivity contribution < 1.29 is 9.21 Å². The van der Waals surface area contributed by atoms with E-state index in [1.54, 1.807) is 6.26 Å². The molecule has 2 saturated carbocycles. The van der Waals surface area contributed by atoms with Crippen LogP contribution in [-0.2, 0) is 0 Å². The first-order valence-corrected chi connectivity index (χ1v) is 6.31. The number of ketones is 1. The van der Waals surface area contributed by atoms with Crippen LogP contribution in [-0.4, -0.2) is 5.78 Å². The molecule has 2 fully saturated rings. The molecule has 2 heteroatoms. The number of hydrogen-bond donors (Lipinski definition) is 0. The van der Waals surface area contributed by atoms with Crippen LogP contribution in [0.2, 0.25) is 0 Å². The molecule has 0 radical (unpaired) electrons. The standard InChI is InChI=1S/C14H18O2/c1-9-13(4-5-16-9)14(15)8-12-7-10-2-3-11(12)6-10/h4-5,10-12H,2-3,6-8H2,1H3. The Kier molecular flexibility index (Phi) is 2.38. The Labute approximate surface area is 96.0 Å². The summed E-state index contributed by atoms with van der Waals surface area (Å²) in [5.41, 5.74) is 0.794. The Morgan fingerprint density at radius 1 is 1.44 bits per heavy atom. The van der Waals surface area contributed by atoms with E-state index in [2.05, 4.69) is 0 Å². The van der Waals surface area contributed by atoms with E-state index in [4.69, 9.17) is 4.42 Å². The molecule has 0 saturated heterocycles. The van der Waals surface area contributed by atoms with Crippen molar-refractivity contribution in [3.63, 3.8) is 0 Å². The van der Waals surface area contributed by atoms with Gasteiger partial charge in [0.05, 0.1) is 11.8 Å². The van der Waals surface area contributed by atoms with Crippen LogP contribution < -0.4 is 0 Å². The molecule has 0 aromatic carbocycles. The van der Waals surface area contributed by atoms with Gasteiger partial charge in [-0.25, -0.2) is 0 Å². The maximum absolute atomic E-state index is 12.1. The van der Waals surface area contributed by atoms with Crippen molar-refractivity contribution in [1.82, 2.24) is 0 Å². The van der Waals surface area contributed by atoms with E-state index >= 15 is 0 Å². The van der Waals surface area contributed by atoms with Crippen LogP contribution in [0.1, 0.15) is 48.2 Å². The normalized spacial score (nSPS) is 32.2. The van der Waals surface area contributed by atoms with Gasteiger partial charge < -0.3 is 4.42 Å². The minimum atomic E-state index is 0.281. The van der Waals surface area contributed by atoms with Crippen molar-refractivity contribution in [2.75, 3.05) is 0 Å². The lowest BCUT2D eigenvalue weighted by Gasteiger charge is -2.20. The molecule has 86 valence electrons. The van der Waals surface area contributed by atoms with Crippen LogP contribution in [0.5, 0.6) is 0 Å². The van der Waals surface area contributed by atoms with Gasteiger partial charge in [-0.05, 0) is 50.0 Å². The zero-order valence-corrected chi connectivity index (χ0v) is 9.74. The van der Waals surface area contributed by atoms with Gasteiger partial charge in [-0.3, -0.25) is 4.79 Å². The first kappa shape index (κ1) is 10.1. The van der Waals surface area contributed by atoms with Gasteiger partial charge in [0.25, 0.3) is 0 Å². The lowest BCUT2D eigenvalue weighted by atomic mass is 9.84. The van der Waals surface area contributed by atoms with E-state index in [1.165, 1.54) is 25.7 Å². The molecule has 1 heterocycles. The Balaban J connectivity index is 1.67. The van der Waals surface area contributed by atoms with E-state index < -0.39 is 0 Å². The third kappa shape index (κ3) is 1.60. The van der Waals surface area contributed by atoms with E-state index in [0.29, 0.717) is 5.92 Å². The fraction of sp³-hybridized carbons (Fsp3) is 0.643. The summed E-state index contributed by atoms with van der Waals surface area (Å²) < 4.78 is 5.19. The molecule has 3 atom stereocenters. The predicted octanol–water partition coefficient (Wildman–Crippen LogP) is 3.60. The van der Waals surface area contributed by atoms with Gasteiger partial charge in [0, 0.05) is 6.42 Å². The van der Waals surface area contributed by atoms with Crippen molar-refractivity contribution >= 4 is 5.78 Å². The summed E-state index contributed by atoms with van der Waals surface area (Å²) >= 11 is 0. The molecule has 1 aromatic heterocycles. The van der Waals surface area contributed by atoms with Gasteiger partial charge in [-0.1, -0.05) is 6.42 Å². The summed E-state index contributed by atoms with van der Waals surface area (Å²) in [7, 11) is 0. The van der Waals surface area contributed by atoms with Gasteiger partial charge in [0.15, 0.2) is 5.78 Å². The lowest BCUT2D eigenvalue weighted by molar-refractivity contribution is 0.0943. The second-order valence-corrected chi connectivity index (χ2v) is 5.45. The summed E-state index contributed by atoms with van der Waals surface area (Å²) in [6.07, 6.45) is 7.77. The molecule has 2 nitrogen and oxygen atoms in total. The molecule has 1 aromatic rings. The first-order chi connectivity index (χ1) is 7.74. The third-order valence-corrected chi connectivity index (χ3v) is 4.49. The quantitative estimate of drug-likeness (QED) is 0.726. The number of hydrogen-bond acceptors (Lipinski definition) is 2. The topological polar surface area (TPSA) is 30.2 Å². The molecule has 3 rings (SSSR count). The average molecular weight is 218 g/mol. The highest BCUT2D eigenvalue weighted by atomic mass is 16.3. The Hall–Kier alpha value is -1.05. The largest absolute Gasteiger partial charge is 0.469 e. The van der Waals surface area contributed by atoms with E-state index in [0.717, 1.165) is 29.6 Å². The molecule has 0 N–H and O–H groups in total. The molecular formula is C14H18O2. The Morgan fingerprint density at radius 2 is 2.31 bits per heavy atom. The van der Waals surface area contributed by atoms with Crippen molar-refractivity contribution in [1.29, 1.82) is 0 Å². The van der Waals surface area contributed by atoms with Crippen LogP contribution in [0.15, 0.2) is 16.7 Å². The SMILES string of the molecule is Cc1occc1C(=O)CC1CC2CCC1C2. The van der Waals surface area contributed by atoms with Gasteiger partial charge in [-0.2, -0.15) is 0 Å². The van der Waals surface area contributed by atoms with Crippen LogP contribution in [0.3, 0.4) is 0 Å².